The number of nitrogens with zero attached hydrogens (tertiary/aromatic N) is 1. The van der Waals surface area contributed by atoms with Gasteiger partial charge in [0.25, 0.3) is 0 Å². The lowest BCUT2D eigenvalue weighted by atomic mass is 9.86. The molecule has 1 saturated heterocycles. The first kappa shape index (κ1) is 21.1. The summed E-state index contributed by atoms with van der Waals surface area (Å²) in [5, 5.41) is 12.6. The standard InChI is InChI=1S/C30H29NO3/c1-33-24-10-13-25-21(18-24)6-11-27-28-19-22(32)7-12-26(28)29(30(25)27)20-4-8-23(9-5-20)34-17-16-31-14-2-3-15-31/h4-13,18-19,29,32H,2-3,14-17H2,1H3. The van der Waals surface area contributed by atoms with Gasteiger partial charge in [-0.15, -0.1) is 0 Å². The van der Waals surface area contributed by atoms with E-state index in [-0.39, 0.29) is 5.92 Å². The highest BCUT2D eigenvalue weighted by Gasteiger charge is 2.32. The van der Waals surface area contributed by atoms with Gasteiger partial charge in [-0.3, -0.25) is 4.90 Å². The fourth-order valence-corrected chi connectivity index (χ4v) is 5.59. The number of hydrogen-bond donors (Lipinski definition) is 1. The SMILES string of the molecule is COc1ccc2c3c(ccc2c1)-c1cc(O)ccc1C3c1ccc(OCCN2CCCC2)cc1. The lowest BCUT2D eigenvalue weighted by molar-refractivity contribution is 0.238. The van der Waals surface area contributed by atoms with Crippen molar-refractivity contribution in [1.82, 2.24) is 4.90 Å². The minimum absolute atomic E-state index is 0.0985. The summed E-state index contributed by atoms with van der Waals surface area (Å²) in [5.74, 6) is 2.16. The second-order valence-corrected chi connectivity index (χ2v) is 9.28. The van der Waals surface area contributed by atoms with E-state index in [1.54, 1.807) is 13.2 Å². The molecule has 1 heterocycles. The van der Waals surface area contributed by atoms with E-state index in [0.717, 1.165) is 35.6 Å². The number of ether oxygens (including phenoxy) is 2. The number of methoxy groups -OCH3 is 1. The lowest BCUT2D eigenvalue weighted by Crippen LogP contribution is -2.25. The van der Waals surface area contributed by atoms with Crippen LogP contribution in [-0.2, 0) is 0 Å². The molecule has 172 valence electrons. The maximum Gasteiger partial charge on any atom is 0.119 e. The highest BCUT2D eigenvalue weighted by atomic mass is 16.5. The van der Waals surface area contributed by atoms with E-state index < -0.39 is 0 Å². The van der Waals surface area contributed by atoms with Crippen LogP contribution in [0.3, 0.4) is 0 Å². The zero-order valence-corrected chi connectivity index (χ0v) is 19.5. The van der Waals surface area contributed by atoms with Crippen LogP contribution in [0, 0.1) is 0 Å². The number of rotatable bonds is 6. The van der Waals surface area contributed by atoms with Gasteiger partial charge in [-0.2, -0.15) is 0 Å². The highest BCUT2D eigenvalue weighted by molar-refractivity contribution is 5.98. The summed E-state index contributed by atoms with van der Waals surface area (Å²) in [6.07, 6.45) is 2.61. The number of likely N-dealkylation sites (tertiary alicyclic amines) is 1. The molecule has 0 bridgehead atoms. The Morgan fingerprint density at radius 3 is 2.44 bits per heavy atom. The van der Waals surface area contributed by atoms with Gasteiger partial charge in [-0.1, -0.05) is 36.4 Å². The normalized spacial score (nSPS) is 17.0. The molecule has 2 aliphatic rings. The van der Waals surface area contributed by atoms with Crippen molar-refractivity contribution in [3.05, 3.63) is 89.5 Å². The highest BCUT2D eigenvalue weighted by Crippen LogP contribution is 2.51. The van der Waals surface area contributed by atoms with Crippen LogP contribution in [0.2, 0.25) is 0 Å². The molecule has 0 amide bonds. The van der Waals surface area contributed by atoms with Crippen LogP contribution in [0.1, 0.15) is 35.4 Å². The van der Waals surface area contributed by atoms with Crippen LogP contribution in [-0.4, -0.2) is 43.4 Å². The second-order valence-electron chi connectivity index (χ2n) is 9.28. The van der Waals surface area contributed by atoms with Gasteiger partial charge >= 0.3 is 0 Å². The molecule has 1 N–H and O–H groups in total. The summed E-state index contributed by atoms with van der Waals surface area (Å²) in [7, 11) is 1.70. The molecule has 1 atom stereocenters. The second kappa shape index (κ2) is 8.69. The van der Waals surface area contributed by atoms with Crippen molar-refractivity contribution in [2.24, 2.45) is 0 Å². The van der Waals surface area contributed by atoms with Crippen molar-refractivity contribution in [1.29, 1.82) is 0 Å². The quantitative estimate of drug-likeness (QED) is 0.334. The number of fused-ring (bicyclic) bond motifs is 5. The molecule has 1 aliphatic carbocycles. The fraction of sp³-hybridized carbons (Fsp3) is 0.267. The average molecular weight is 452 g/mol. The molecule has 4 heteroatoms. The van der Waals surface area contributed by atoms with E-state index in [1.807, 2.05) is 12.1 Å². The molecule has 1 unspecified atom stereocenters. The number of hydrogen-bond acceptors (Lipinski definition) is 4. The van der Waals surface area contributed by atoms with Gasteiger partial charge in [0.05, 0.1) is 7.11 Å². The van der Waals surface area contributed by atoms with E-state index in [0.29, 0.717) is 5.75 Å². The van der Waals surface area contributed by atoms with Crippen molar-refractivity contribution in [2.75, 3.05) is 33.4 Å². The zero-order chi connectivity index (χ0) is 23.1. The Kier molecular flexibility index (Phi) is 5.39. The van der Waals surface area contributed by atoms with Gasteiger partial charge < -0.3 is 14.6 Å². The third kappa shape index (κ3) is 3.68. The van der Waals surface area contributed by atoms with Crippen LogP contribution in [0.25, 0.3) is 21.9 Å². The van der Waals surface area contributed by atoms with Crippen LogP contribution in [0.4, 0.5) is 0 Å². The number of benzene rings is 4. The molecule has 4 nitrogen and oxygen atoms in total. The van der Waals surface area contributed by atoms with Crippen LogP contribution in [0.15, 0.2) is 72.8 Å². The van der Waals surface area contributed by atoms with E-state index >= 15 is 0 Å². The maximum absolute atomic E-state index is 10.2. The summed E-state index contributed by atoms with van der Waals surface area (Å²) in [6, 6.07) is 24.9. The van der Waals surface area contributed by atoms with Gasteiger partial charge in [-0.25, -0.2) is 0 Å². The Labute approximate surface area is 200 Å². The Hall–Kier alpha value is -3.50. The predicted octanol–water partition coefficient (Wildman–Crippen LogP) is 6.19. The lowest BCUT2D eigenvalue weighted by Gasteiger charge is -2.18. The predicted molar refractivity (Wildman–Crippen MR) is 136 cm³/mol. The number of phenols is 1. The van der Waals surface area contributed by atoms with Gasteiger partial charge in [0.1, 0.15) is 23.9 Å². The molecule has 4 aromatic rings. The summed E-state index contributed by atoms with van der Waals surface area (Å²) in [6.45, 7) is 4.10. The first-order valence-electron chi connectivity index (χ1n) is 12.1. The van der Waals surface area contributed by atoms with Gasteiger partial charge in [-0.05, 0) is 101 Å². The van der Waals surface area contributed by atoms with E-state index in [9.17, 15) is 5.11 Å². The molecule has 34 heavy (non-hydrogen) atoms. The van der Waals surface area contributed by atoms with Crippen molar-refractivity contribution < 1.29 is 14.6 Å². The molecule has 0 saturated carbocycles. The van der Waals surface area contributed by atoms with Gasteiger partial charge in [0.2, 0.25) is 0 Å². The van der Waals surface area contributed by atoms with Crippen LogP contribution < -0.4 is 9.47 Å². The van der Waals surface area contributed by atoms with Gasteiger partial charge in [0, 0.05) is 12.5 Å². The average Bonchev–Trinajstić information content (AvgIpc) is 3.50. The monoisotopic (exact) mass is 451 g/mol. The van der Waals surface area contributed by atoms with Crippen LogP contribution in [0.5, 0.6) is 17.2 Å². The summed E-state index contributed by atoms with van der Waals surface area (Å²) in [4.78, 5) is 2.47. The third-order valence-electron chi connectivity index (χ3n) is 7.28. The molecule has 0 radical (unpaired) electrons. The molecule has 0 spiro atoms. The van der Waals surface area contributed by atoms with Crippen molar-refractivity contribution in [3.8, 4) is 28.4 Å². The summed E-state index contributed by atoms with van der Waals surface area (Å²) in [5.41, 5.74) is 6.01. The maximum atomic E-state index is 10.2. The molecular weight excluding hydrogens is 422 g/mol. The van der Waals surface area contributed by atoms with Crippen molar-refractivity contribution >= 4 is 10.8 Å². The number of phenolic OH excluding ortho intramolecular Hbond substituents is 1. The minimum atomic E-state index is 0.0985. The van der Waals surface area contributed by atoms with Gasteiger partial charge in [0.15, 0.2) is 0 Å². The fourth-order valence-electron chi connectivity index (χ4n) is 5.59. The number of aromatic hydroxyl groups is 1. The Balaban J connectivity index is 1.36. The van der Waals surface area contributed by atoms with Crippen LogP contribution >= 0.6 is 0 Å². The Morgan fingerprint density at radius 1 is 0.853 bits per heavy atom. The molecule has 1 fully saturated rings. The zero-order valence-electron chi connectivity index (χ0n) is 19.5. The van der Waals surface area contributed by atoms with E-state index in [1.165, 1.54) is 53.6 Å². The Morgan fingerprint density at radius 2 is 1.65 bits per heavy atom. The molecular formula is C30H29NO3. The first-order valence-corrected chi connectivity index (χ1v) is 12.1. The van der Waals surface area contributed by atoms with Crippen molar-refractivity contribution in [2.45, 2.75) is 18.8 Å². The largest absolute Gasteiger partial charge is 0.508 e. The summed E-state index contributed by atoms with van der Waals surface area (Å²) >= 11 is 0. The first-order chi connectivity index (χ1) is 16.7. The molecule has 0 aromatic heterocycles. The van der Waals surface area contributed by atoms with E-state index in [2.05, 4.69) is 59.5 Å². The summed E-state index contributed by atoms with van der Waals surface area (Å²) < 4.78 is 11.5. The molecule has 6 rings (SSSR count). The smallest absolute Gasteiger partial charge is 0.119 e. The van der Waals surface area contributed by atoms with E-state index in [4.69, 9.17) is 9.47 Å². The Bertz CT molecular complexity index is 1340. The van der Waals surface area contributed by atoms with Crippen molar-refractivity contribution in [3.63, 3.8) is 0 Å². The molecule has 4 aromatic carbocycles. The topological polar surface area (TPSA) is 41.9 Å². The minimum Gasteiger partial charge on any atom is -0.508 e. The third-order valence-corrected chi connectivity index (χ3v) is 7.28. The molecule has 1 aliphatic heterocycles.